The van der Waals surface area contributed by atoms with Crippen molar-refractivity contribution in [3.63, 3.8) is 0 Å². The second-order valence-corrected chi connectivity index (χ2v) is 4.76. The molecule has 0 N–H and O–H groups in total. The van der Waals surface area contributed by atoms with Crippen LogP contribution in [-0.2, 0) is 0 Å². The van der Waals surface area contributed by atoms with E-state index < -0.39 is 4.92 Å². The molecule has 0 aliphatic carbocycles. The van der Waals surface area contributed by atoms with E-state index >= 15 is 0 Å². The lowest BCUT2D eigenvalue weighted by Crippen LogP contribution is -2.05. The van der Waals surface area contributed by atoms with Crippen LogP contribution in [0.1, 0.15) is 5.56 Å². The number of nitrogens with zero attached hydrogens (tertiary/aromatic N) is 1. The second kappa shape index (κ2) is 6.07. The highest BCUT2D eigenvalue weighted by atomic mass is 79.9. The maximum atomic E-state index is 10.9. The topological polar surface area (TPSA) is 52.4 Å². The first-order valence-corrected chi connectivity index (χ1v) is 6.23. The first kappa shape index (κ1) is 14.1. The fourth-order valence-electron chi connectivity index (χ4n) is 1.26. The standard InChI is InChI=1S/C11H12BrNO3S/c1-7(6-17)5-16-11-8(2)3-9(12)4-10(11)13(14)15/h3-4,17H,1,5-6H2,2H3. The first-order chi connectivity index (χ1) is 7.95. The van der Waals surface area contributed by atoms with E-state index in [-0.39, 0.29) is 18.0 Å². The van der Waals surface area contributed by atoms with Crippen LogP contribution in [0.3, 0.4) is 0 Å². The number of ether oxygens (including phenoxy) is 1. The zero-order chi connectivity index (χ0) is 13.0. The van der Waals surface area contributed by atoms with Crippen LogP contribution in [-0.4, -0.2) is 17.3 Å². The summed E-state index contributed by atoms with van der Waals surface area (Å²) in [6, 6.07) is 3.19. The second-order valence-electron chi connectivity index (χ2n) is 3.52. The summed E-state index contributed by atoms with van der Waals surface area (Å²) in [5.41, 5.74) is 1.42. The molecule has 0 saturated heterocycles. The van der Waals surface area contributed by atoms with Crippen molar-refractivity contribution in [2.45, 2.75) is 6.92 Å². The molecule has 0 aliphatic rings. The summed E-state index contributed by atoms with van der Waals surface area (Å²) < 4.78 is 6.08. The Hall–Kier alpha value is -1.01. The van der Waals surface area contributed by atoms with Crippen molar-refractivity contribution in [3.8, 4) is 5.75 Å². The van der Waals surface area contributed by atoms with E-state index in [1.54, 1.807) is 13.0 Å². The van der Waals surface area contributed by atoms with Gasteiger partial charge in [0.1, 0.15) is 6.61 Å². The summed E-state index contributed by atoms with van der Waals surface area (Å²) in [6.45, 7) is 5.72. The van der Waals surface area contributed by atoms with E-state index in [9.17, 15) is 10.1 Å². The maximum Gasteiger partial charge on any atom is 0.312 e. The highest BCUT2D eigenvalue weighted by Gasteiger charge is 2.18. The summed E-state index contributed by atoms with van der Waals surface area (Å²) in [6.07, 6.45) is 0. The Labute approximate surface area is 113 Å². The van der Waals surface area contributed by atoms with E-state index in [2.05, 4.69) is 35.1 Å². The average Bonchev–Trinajstić information content (AvgIpc) is 2.26. The molecule has 0 atom stereocenters. The molecule has 1 rings (SSSR count). The van der Waals surface area contributed by atoms with Crippen molar-refractivity contribution in [2.24, 2.45) is 0 Å². The average molecular weight is 318 g/mol. The minimum absolute atomic E-state index is 0.0520. The molecule has 0 bridgehead atoms. The molecule has 17 heavy (non-hydrogen) atoms. The number of nitro benzene ring substituents is 1. The van der Waals surface area contributed by atoms with E-state index in [1.165, 1.54) is 6.07 Å². The zero-order valence-electron chi connectivity index (χ0n) is 9.27. The summed E-state index contributed by atoms with van der Waals surface area (Å²) in [5, 5.41) is 10.9. The molecule has 6 heteroatoms. The predicted molar refractivity (Wildman–Crippen MR) is 74.0 cm³/mol. The van der Waals surface area contributed by atoms with Gasteiger partial charge in [0, 0.05) is 16.3 Å². The van der Waals surface area contributed by atoms with E-state index in [0.717, 1.165) is 5.57 Å². The fraction of sp³-hybridized carbons (Fsp3) is 0.273. The molecule has 1 aromatic rings. The van der Waals surface area contributed by atoms with Crippen molar-refractivity contribution in [1.29, 1.82) is 0 Å². The molecule has 1 aromatic carbocycles. The maximum absolute atomic E-state index is 10.9. The molecule has 0 aromatic heterocycles. The molecule has 0 amide bonds. The lowest BCUT2D eigenvalue weighted by atomic mass is 10.2. The molecule has 0 heterocycles. The summed E-state index contributed by atoms with van der Waals surface area (Å²) >= 11 is 7.27. The van der Waals surface area contributed by atoms with Crippen LogP contribution in [0.2, 0.25) is 0 Å². The summed E-state index contributed by atoms with van der Waals surface area (Å²) in [7, 11) is 0. The van der Waals surface area contributed by atoms with Gasteiger partial charge in [-0.15, -0.1) is 0 Å². The van der Waals surface area contributed by atoms with Gasteiger partial charge in [-0.25, -0.2) is 0 Å². The van der Waals surface area contributed by atoms with Gasteiger partial charge < -0.3 is 4.74 Å². The van der Waals surface area contributed by atoms with Gasteiger partial charge in [0.05, 0.1) is 4.92 Å². The molecule has 0 radical (unpaired) electrons. The normalized spacial score (nSPS) is 10.1. The molecular formula is C11H12BrNO3S. The van der Waals surface area contributed by atoms with Crippen molar-refractivity contribution in [2.75, 3.05) is 12.4 Å². The van der Waals surface area contributed by atoms with E-state index in [4.69, 9.17) is 4.74 Å². The van der Waals surface area contributed by atoms with Crippen LogP contribution in [0, 0.1) is 17.0 Å². The van der Waals surface area contributed by atoms with Crippen LogP contribution >= 0.6 is 28.6 Å². The highest BCUT2D eigenvalue weighted by Crippen LogP contribution is 2.34. The van der Waals surface area contributed by atoms with Crippen LogP contribution in [0.15, 0.2) is 28.8 Å². The Morgan fingerprint density at radius 1 is 1.65 bits per heavy atom. The van der Waals surface area contributed by atoms with Crippen molar-refractivity contribution in [1.82, 2.24) is 0 Å². The summed E-state index contributed by atoms with van der Waals surface area (Å²) in [5.74, 6) is 0.768. The quantitative estimate of drug-likeness (QED) is 0.391. The van der Waals surface area contributed by atoms with Gasteiger partial charge in [0.15, 0.2) is 5.75 Å². The number of hydrogen-bond acceptors (Lipinski definition) is 4. The fourth-order valence-corrected chi connectivity index (χ4v) is 1.91. The zero-order valence-corrected chi connectivity index (χ0v) is 11.8. The van der Waals surface area contributed by atoms with Gasteiger partial charge in [0.2, 0.25) is 0 Å². The van der Waals surface area contributed by atoms with Gasteiger partial charge in [0.25, 0.3) is 0 Å². The number of halogens is 1. The van der Waals surface area contributed by atoms with Crippen molar-refractivity contribution >= 4 is 34.2 Å². The van der Waals surface area contributed by atoms with E-state index in [1.807, 2.05) is 0 Å². The Balaban J connectivity index is 3.04. The molecule has 0 spiro atoms. The minimum atomic E-state index is -0.462. The molecular weight excluding hydrogens is 306 g/mol. The van der Waals surface area contributed by atoms with Crippen molar-refractivity contribution < 1.29 is 9.66 Å². The molecule has 0 fully saturated rings. The van der Waals surface area contributed by atoms with Crippen LogP contribution in [0.5, 0.6) is 5.75 Å². The van der Waals surface area contributed by atoms with Crippen LogP contribution < -0.4 is 4.74 Å². The Morgan fingerprint density at radius 3 is 2.82 bits per heavy atom. The number of rotatable bonds is 5. The predicted octanol–water partition coefficient (Wildman–Crippen LogP) is 3.53. The Bertz CT molecular complexity index is 462. The first-order valence-electron chi connectivity index (χ1n) is 4.80. The van der Waals surface area contributed by atoms with Crippen LogP contribution in [0.4, 0.5) is 5.69 Å². The van der Waals surface area contributed by atoms with Gasteiger partial charge in [-0.05, 0) is 24.1 Å². The monoisotopic (exact) mass is 317 g/mol. The summed E-state index contributed by atoms with van der Waals surface area (Å²) in [4.78, 5) is 10.4. The lowest BCUT2D eigenvalue weighted by molar-refractivity contribution is -0.385. The van der Waals surface area contributed by atoms with Crippen LogP contribution in [0.25, 0.3) is 0 Å². The third-order valence-corrected chi connectivity index (χ3v) is 2.97. The van der Waals surface area contributed by atoms with Gasteiger partial charge in [-0.1, -0.05) is 22.5 Å². The molecule has 92 valence electrons. The van der Waals surface area contributed by atoms with Crippen molar-refractivity contribution in [3.05, 3.63) is 44.4 Å². The Morgan fingerprint density at radius 2 is 2.29 bits per heavy atom. The Kier molecular flexibility index (Phi) is 5.02. The largest absolute Gasteiger partial charge is 0.482 e. The molecule has 0 aliphatic heterocycles. The lowest BCUT2D eigenvalue weighted by Gasteiger charge is -2.10. The third-order valence-electron chi connectivity index (χ3n) is 2.06. The molecule has 0 unspecified atom stereocenters. The SMILES string of the molecule is C=C(CS)COc1c(C)cc(Br)cc1[N+](=O)[O-]. The highest BCUT2D eigenvalue weighted by molar-refractivity contribution is 9.10. The molecule has 0 saturated carbocycles. The smallest absolute Gasteiger partial charge is 0.312 e. The molecule has 4 nitrogen and oxygen atoms in total. The number of hydrogen-bond donors (Lipinski definition) is 1. The number of aryl methyl sites for hydroxylation is 1. The minimum Gasteiger partial charge on any atom is -0.482 e. The van der Waals surface area contributed by atoms with E-state index in [0.29, 0.717) is 15.8 Å². The van der Waals surface area contributed by atoms with Gasteiger partial charge >= 0.3 is 5.69 Å². The van der Waals surface area contributed by atoms with Gasteiger partial charge in [-0.2, -0.15) is 12.6 Å². The number of nitro groups is 1. The van der Waals surface area contributed by atoms with Gasteiger partial charge in [-0.3, -0.25) is 10.1 Å². The number of benzene rings is 1. The number of thiol groups is 1. The third kappa shape index (κ3) is 3.74.